The fraction of sp³-hybridized carbons (Fsp3) is 0.812. The van der Waals surface area contributed by atoms with Crippen molar-refractivity contribution in [3.63, 3.8) is 0 Å². The Hall–Kier alpha value is -1.03. The van der Waals surface area contributed by atoms with Crippen molar-refractivity contribution in [1.82, 2.24) is 14.9 Å². The van der Waals surface area contributed by atoms with Crippen molar-refractivity contribution < 1.29 is 0 Å². The van der Waals surface area contributed by atoms with E-state index in [1.54, 1.807) is 0 Å². The fourth-order valence-electron chi connectivity index (χ4n) is 3.88. The zero-order chi connectivity index (χ0) is 13.8. The van der Waals surface area contributed by atoms with Gasteiger partial charge in [-0.2, -0.15) is 0 Å². The first-order valence-corrected chi connectivity index (χ1v) is 8.34. The predicted octanol–water partition coefficient (Wildman–Crippen LogP) is 2.97. The van der Waals surface area contributed by atoms with Crippen LogP contribution in [0.1, 0.15) is 57.4 Å². The van der Waals surface area contributed by atoms with Gasteiger partial charge < -0.3 is 14.8 Å². The smallest absolute Gasteiger partial charge is 0.205 e. The number of rotatable bonds is 4. The van der Waals surface area contributed by atoms with Gasteiger partial charge >= 0.3 is 0 Å². The largest absolute Gasteiger partial charge is 0.338 e. The molecule has 0 amide bonds. The molecule has 0 radical (unpaired) electrons. The molecule has 4 heteroatoms. The molecule has 1 N–H and O–H groups in total. The topological polar surface area (TPSA) is 33.1 Å². The zero-order valence-electron chi connectivity index (χ0n) is 12.7. The molecule has 2 aliphatic rings. The summed E-state index contributed by atoms with van der Waals surface area (Å²) in [4.78, 5) is 7.26. The molecule has 1 saturated heterocycles. The Balaban J connectivity index is 1.79. The van der Waals surface area contributed by atoms with Crippen LogP contribution in [0.2, 0.25) is 0 Å². The predicted molar refractivity (Wildman–Crippen MR) is 83.3 cm³/mol. The maximum Gasteiger partial charge on any atom is 0.205 e. The number of hydrogen-bond donors (Lipinski definition) is 1. The number of likely N-dealkylation sites (N-methyl/N-ethyl adjacent to an activating group) is 1. The summed E-state index contributed by atoms with van der Waals surface area (Å²) in [5, 5.41) is 3.35. The van der Waals surface area contributed by atoms with Crippen LogP contribution in [0.3, 0.4) is 0 Å². The van der Waals surface area contributed by atoms with Gasteiger partial charge in [0.15, 0.2) is 0 Å². The summed E-state index contributed by atoms with van der Waals surface area (Å²) in [5.41, 5.74) is 0. The maximum absolute atomic E-state index is 4.71. The lowest BCUT2D eigenvalue weighted by atomic mass is 9.95. The molecule has 1 atom stereocenters. The number of anilines is 1. The number of piperidine rings is 1. The highest BCUT2D eigenvalue weighted by atomic mass is 15.3. The molecule has 3 rings (SSSR count). The molecule has 1 aromatic heterocycles. The first-order chi connectivity index (χ1) is 9.90. The Kier molecular flexibility index (Phi) is 4.61. The third-order valence-corrected chi connectivity index (χ3v) is 4.94. The minimum absolute atomic E-state index is 0.610. The molecule has 112 valence electrons. The normalized spacial score (nSPS) is 25.1. The van der Waals surface area contributed by atoms with Crippen molar-refractivity contribution in [1.29, 1.82) is 0 Å². The molecule has 2 heterocycles. The summed E-state index contributed by atoms with van der Waals surface area (Å²) in [6.07, 6.45) is 15.0. The number of nitrogens with one attached hydrogen (secondary N) is 1. The van der Waals surface area contributed by atoms with Crippen LogP contribution in [-0.4, -0.2) is 35.7 Å². The summed E-state index contributed by atoms with van der Waals surface area (Å²) in [7, 11) is 2.06. The van der Waals surface area contributed by atoms with Crippen LogP contribution in [-0.2, 0) is 0 Å². The monoisotopic (exact) mass is 276 g/mol. The van der Waals surface area contributed by atoms with E-state index < -0.39 is 0 Å². The van der Waals surface area contributed by atoms with Crippen molar-refractivity contribution in [3.05, 3.63) is 12.4 Å². The van der Waals surface area contributed by atoms with E-state index in [1.165, 1.54) is 57.3 Å². The second-order valence-electron chi connectivity index (χ2n) is 6.33. The summed E-state index contributed by atoms with van der Waals surface area (Å²) in [6.45, 7) is 2.23. The third kappa shape index (κ3) is 2.85. The Bertz CT molecular complexity index is 406. The van der Waals surface area contributed by atoms with Crippen LogP contribution in [0.5, 0.6) is 0 Å². The van der Waals surface area contributed by atoms with E-state index >= 15 is 0 Å². The molecule has 2 fully saturated rings. The van der Waals surface area contributed by atoms with E-state index in [0.29, 0.717) is 12.1 Å². The van der Waals surface area contributed by atoms with Gasteiger partial charge in [0.1, 0.15) is 0 Å². The number of imidazole rings is 1. The van der Waals surface area contributed by atoms with Crippen LogP contribution >= 0.6 is 0 Å². The van der Waals surface area contributed by atoms with Crippen LogP contribution in [0, 0.1) is 0 Å². The standard InChI is InChI=1S/C16H28N4/c1-17-13-15-9-5-6-11-19(15)16-18-10-12-20(16)14-7-3-2-4-8-14/h10,12,14-15,17H,2-9,11,13H2,1H3. The highest BCUT2D eigenvalue weighted by Crippen LogP contribution is 2.33. The lowest BCUT2D eigenvalue weighted by Crippen LogP contribution is -2.46. The summed E-state index contributed by atoms with van der Waals surface area (Å²) in [6, 6.07) is 1.29. The van der Waals surface area contributed by atoms with Crippen LogP contribution < -0.4 is 10.2 Å². The average Bonchev–Trinajstić information content (AvgIpc) is 2.98. The fourth-order valence-corrected chi connectivity index (χ4v) is 3.88. The molecule has 20 heavy (non-hydrogen) atoms. The third-order valence-electron chi connectivity index (χ3n) is 4.94. The molecule has 0 aromatic carbocycles. The molecule has 1 aliphatic heterocycles. The Labute approximate surface area is 122 Å². The van der Waals surface area contributed by atoms with E-state index in [2.05, 4.69) is 28.0 Å². The Morgan fingerprint density at radius 2 is 1.95 bits per heavy atom. The first-order valence-electron chi connectivity index (χ1n) is 8.34. The maximum atomic E-state index is 4.71. The molecule has 0 bridgehead atoms. The molecular formula is C16H28N4. The lowest BCUT2D eigenvalue weighted by molar-refractivity contribution is 0.346. The molecule has 1 saturated carbocycles. The summed E-state index contributed by atoms with van der Waals surface area (Å²) in [5.74, 6) is 1.22. The van der Waals surface area contributed by atoms with Crippen molar-refractivity contribution >= 4 is 5.95 Å². The highest BCUT2D eigenvalue weighted by Gasteiger charge is 2.27. The van der Waals surface area contributed by atoms with Gasteiger partial charge in [0.05, 0.1) is 0 Å². The van der Waals surface area contributed by atoms with E-state index in [1.807, 2.05) is 6.20 Å². The van der Waals surface area contributed by atoms with Crippen molar-refractivity contribution in [2.75, 3.05) is 25.0 Å². The van der Waals surface area contributed by atoms with Crippen LogP contribution in [0.15, 0.2) is 12.4 Å². The Morgan fingerprint density at radius 3 is 2.75 bits per heavy atom. The van der Waals surface area contributed by atoms with Crippen molar-refractivity contribution in [2.24, 2.45) is 0 Å². The van der Waals surface area contributed by atoms with Gasteiger partial charge in [-0.05, 0) is 39.2 Å². The van der Waals surface area contributed by atoms with Gasteiger partial charge in [0.2, 0.25) is 5.95 Å². The summed E-state index contributed by atoms with van der Waals surface area (Å²) < 4.78 is 2.47. The molecule has 1 unspecified atom stereocenters. The van der Waals surface area contributed by atoms with Gasteiger partial charge in [-0.15, -0.1) is 0 Å². The van der Waals surface area contributed by atoms with E-state index in [0.717, 1.165) is 13.1 Å². The quantitative estimate of drug-likeness (QED) is 0.918. The summed E-state index contributed by atoms with van der Waals surface area (Å²) >= 11 is 0. The number of aromatic nitrogens is 2. The zero-order valence-corrected chi connectivity index (χ0v) is 12.7. The van der Waals surface area contributed by atoms with Gasteiger partial charge in [0.25, 0.3) is 0 Å². The second-order valence-corrected chi connectivity index (χ2v) is 6.33. The average molecular weight is 276 g/mol. The SMILES string of the molecule is CNCC1CCCCN1c1nccn1C1CCCCC1. The molecule has 1 aliphatic carbocycles. The van der Waals surface area contributed by atoms with Gasteiger partial charge in [-0.3, -0.25) is 0 Å². The van der Waals surface area contributed by atoms with Crippen molar-refractivity contribution in [3.8, 4) is 0 Å². The molecule has 1 aromatic rings. The van der Waals surface area contributed by atoms with E-state index in [-0.39, 0.29) is 0 Å². The number of hydrogen-bond acceptors (Lipinski definition) is 3. The molecule has 0 spiro atoms. The Morgan fingerprint density at radius 1 is 1.15 bits per heavy atom. The number of nitrogens with zero attached hydrogens (tertiary/aromatic N) is 3. The van der Waals surface area contributed by atoms with Crippen LogP contribution in [0.25, 0.3) is 0 Å². The highest BCUT2D eigenvalue weighted by molar-refractivity contribution is 5.35. The van der Waals surface area contributed by atoms with Gasteiger partial charge in [0, 0.05) is 37.6 Å². The van der Waals surface area contributed by atoms with Gasteiger partial charge in [-0.1, -0.05) is 19.3 Å². The van der Waals surface area contributed by atoms with E-state index in [9.17, 15) is 0 Å². The first kappa shape index (κ1) is 13.9. The second kappa shape index (κ2) is 6.61. The minimum Gasteiger partial charge on any atom is -0.338 e. The van der Waals surface area contributed by atoms with Crippen molar-refractivity contribution in [2.45, 2.75) is 63.5 Å². The van der Waals surface area contributed by atoms with E-state index in [4.69, 9.17) is 4.98 Å². The molecular weight excluding hydrogens is 248 g/mol. The lowest BCUT2D eigenvalue weighted by Gasteiger charge is -2.38. The minimum atomic E-state index is 0.610. The van der Waals surface area contributed by atoms with Crippen LogP contribution in [0.4, 0.5) is 5.95 Å². The van der Waals surface area contributed by atoms with Gasteiger partial charge in [-0.25, -0.2) is 4.98 Å². The molecule has 4 nitrogen and oxygen atoms in total.